The lowest BCUT2D eigenvalue weighted by molar-refractivity contribution is 0.0600. The highest BCUT2D eigenvalue weighted by Gasteiger charge is 2.05. The lowest BCUT2D eigenvalue weighted by atomic mass is 10.1. The van der Waals surface area contributed by atoms with Crippen molar-refractivity contribution in [1.29, 1.82) is 0 Å². The summed E-state index contributed by atoms with van der Waals surface area (Å²) in [6.45, 7) is 1.88. The van der Waals surface area contributed by atoms with Crippen LogP contribution >= 0.6 is 0 Å². The van der Waals surface area contributed by atoms with Crippen LogP contribution in [0.3, 0.4) is 0 Å². The molecule has 0 aliphatic heterocycles. The van der Waals surface area contributed by atoms with E-state index in [4.69, 9.17) is 4.74 Å². The summed E-state index contributed by atoms with van der Waals surface area (Å²) < 4.78 is 10.3. The quantitative estimate of drug-likeness (QED) is 0.624. The number of benzene rings is 2. The zero-order chi connectivity index (χ0) is 15.2. The van der Waals surface area contributed by atoms with Crippen molar-refractivity contribution in [3.05, 3.63) is 65.2 Å². The molecule has 0 bridgehead atoms. The first kappa shape index (κ1) is 14.8. The minimum atomic E-state index is -0.364. The number of carbonyl (C=O) groups excluding carboxylic acids is 2. The van der Waals surface area contributed by atoms with Crippen molar-refractivity contribution in [1.82, 2.24) is 0 Å². The SMILES string of the molecule is COC(=O)c1ccc(COc2cccc(C(C)=O)c2)cc1. The molecule has 0 N–H and O–H groups in total. The molecule has 108 valence electrons. The summed E-state index contributed by atoms with van der Waals surface area (Å²) >= 11 is 0. The van der Waals surface area contributed by atoms with E-state index in [-0.39, 0.29) is 11.8 Å². The van der Waals surface area contributed by atoms with E-state index < -0.39 is 0 Å². The van der Waals surface area contributed by atoms with Gasteiger partial charge in [0.25, 0.3) is 0 Å². The van der Waals surface area contributed by atoms with Gasteiger partial charge >= 0.3 is 5.97 Å². The Bertz CT molecular complexity index is 644. The van der Waals surface area contributed by atoms with E-state index in [1.807, 2.05) is 0 Å². The first-order valence-corrected chi connectivity index (χ1v) is 6.51. The van der Waals surface area contributed by atoms with Crippen molar-refractivity contribution in [3.8, 4) is 5.75 Å². The Morgan fingerprint density at radius 1 is 1.00 bits per heavy atom. The Kier molecular flexibility index (Phi) is 4.72. The van der Waals surface area contributed by atoms with Crippen molar-refractivity contribution >= 4 is 11.8 Å². The van der Waals surface area contributed by atoms with Crippen LogP contribution in [0.4, 0.5) is 0 Å². The van der Waals surface area contributed by atoms with E-state index in [9.17, 15) is 9.59 Å². The number of esters is 1. The van der Waals surface area contributed by atoms with Crippen LogP contribution in [0.15, 0.2) is 48.5 Å². The number of methoxy groups -OCH3 is 1. The number of ketones is 1. The Labute approximate surface area is 123 Å². The first-order chi connectivity index (χ1) is 10.1. The van der Waals surface area contributed by atoms with Crippen molar-refractivity contribution in [2.75, 3.05) is 7.11 Å². The van der Waals surface area contributed by atoms with Gasteiger partial charge in [-0.15, -0.1) is 0 Å². The lowest BCUT2D eigenvalue weighted by Gasteiger charge is -2.08. The maximum absolute atomic E-state index is 11.3. The molecular weight excluding hydrogens is 268 g/mol. The third-order valence-electron chi connectivity index (χ3n) is 3.02. The molecule has 0 atom stereocenters. The molecule has 0 aliphatic carbocycles. The second kappa shape index (κ2) is 6.70. The van der Waals surface area contributed by atoms with Gasteiger partial charge in [-0.2, -0.15) is 0 Å². The molecule has 0 fully saturated rings. The zero-order valence-electron chi connectivity index (χ0n) is 12.0. The number of rotatable bonds is 5. The molecule has 0 unspecified atom stereocenters. The molecule has 0 spiro atoms. The van der Waals surface area contributed by atoms with Gasteiger partial charge in [-0.05, 0) is 36.8 Å². The fourth-order valence-corrected chi connectivity index (χ4v) is 1.83. The number of ether oxygens (including phenoxy) is 2. The smallest absolute Gasteiger partial charge is 0.337 e. The average Bonchev–Trinajstić information content (AvgIpc) is 2.53. The Morgan fingerprint density at radius 2 is 1.71 bits per heavy atom. The van der Waals surface area contributed by atoms with E-state index in [0.717, 1.165) is 5.56 Å². The molecule has 4 heteroatoms. The van der Waals surface area contributed by atoms with Crippen LogP contribution in [-0.4, -0.2) is 18.9 Å². The third-order valence-corrected chi connectivity index (χ3v) is 3.02. The Morgan fingerprint density at radius 3 is 2.33 bits per heavy atom. The normalized spacial score (nSPS) is 10.0. The van der Waals surface area contributed by atoms with Crippen LogP contribution < -0.4 is 4.74 Å². The largest absolute Gasteiger partial charge is 0.489 e. The standard InChI is InChI=1S/C17H16O4/c1-12(18)15-4-3-5-16(10-15)21-11-13-6-8-14(9-7-13)17(19)20-2/h3-10H,11H2,1-2H3. The second-order valence-corrected chi connectivity index (χ2v) is 4.56. The van der Waals surface area contributed by atoms with Crippen molar-refractivity contribution in [3.63, 3.8) is 0 Å². The molecule has 2 aromatic rings. The Balaban J connectivity index is 2.01. The summed E-state index contributed by atoms with van der Waals surface area (Å²) in [6, 6.07) is 14.0. The fraction of sp³-hybridized carbons (Fsp3) is 0.176. The predicted molar refractivity (Wildman–Crippen MR) is 78.6 cm³/mol. The van der Waals surface area contributed by atoms with E-state index in [0.29, 0.717) is 23.5 Å². The molecule has 2 rings (SSSR count). The van der Waals surface area contributed by atoms with Crippen LogP contribution in [0, 0.1) is 0 Å². The summed E-state index contributed by atoms with van der Waals surface area (Å²) in [7, 11) is 1.35. The molecule has 0 aliphatic rings. The molecule has 2 aromatic carbocycles. The van der Waals surface area contributed by atoms with E-state index in [1.165, 1.54) is 14.0 Å². The van der Waals surface area contributed by atoms with Gasteiger partial charge in [0.15, 0.2) is 5.78 Å². The highest BCUT2D eigenvalue weighted by atomic mass is 16.5. The van der Waals surface area contributed by atoms with Gasteiger partial charge in [-0.3, -0.25) is 4.79 Å². The first-order valence-electron chi connectivity index (χ1n) is 6.51. The summed E-state index contributed by atoms with van der Waals surface area (Å²) in [6.07, 6.45) is 0. The summed E-state index contributed by atoms with van der Waals surface area (Å²) in [4.78, 5) is 22.6. The molecule has 0 aromatic heterocycles. The average molecular weight is 284 g/mol. The highest BCUT2D eigenvalue weighted by molar-refractivity contribution is 5.94. The maximum atomic E-state index is 11.3. The highest BCUT2D eigenvalue weighted by Crippen LogP contribution is 2.16. The molecule has 0 heterocycles. The topological polar surface area (TPSA) is 52.6 Å². The number of hydrogen-bond acceptors (Lipinski definition) is 4. The number of carbonyl (C=O) groups is 2. The predicted octanol–water partition coefficient (Wildman–Crippen LogP) is 3.25. The molecule has 0 saturated heterocycles. The minimum Gasteiger partial charge on any atom is -0.489 e. The van der Waals surface area contributed by atoms with Crippen LogP contribution in [0.25, 0.3) is 0 Å². The van der Waals surface area contributed by atoms with Crippen LogP contribution in [-0.2, 0) is 11.3 Å². The molecule has 0 saturated carbocycles. The number of hydrogen-bond donors (Lipinski definition) is 0. The molecule has 21 heavy (non-hydrogen) atoms. The minimum absolute atomic E-state index is 0.00267. The van der Waals surface area contributed by atoms with Crippen molar-refractivity contribution < 1.29 is 19.1 Å². The lowest BCUT2D eigenvalue weighted by Crippen LogP contribution is -2.02. The van der Waals surface area contributed by atoms with E-state index in [2.05, 4.69) is 4.74 Å². The van der Waals surface area contributed by atoms with Gasteiger partial charge in [0.05, 0.1) is 12.7 Å². The van der Waals surface area contributed by atoms with Crippen molar-refractivity contribution in [2.24, 2.45) is 0 Å². The van der Waals surface area contributed by atoms with E-state index in [1.54, 1.807) is 48.5 Å². The zero-order valence-corrected chi connectivity index (χ0v) is 12.0. The van der Waals surface area contributed by atoms with Gasteiger partial charge in [-0.1, -0.05) is 24.3 Å². The van der Waals surface area contributed by atoms with Gasteiger partial charge in [0, 0.05) is 5.56 Å². The van der Waals surface area contributed by atoms with Gasteiger partial charge in [0.1, 0.15) is 12.4 Å². The van der Waals surface area contributed by atoms with Gasteiger partial charge in [0.2, 0.25) is 0 Å². The summed E-state index contributed by atoms with van der Waals surface area (Å²) in [5.41, 5.74) is 2.05. The van der Waals surface area contributed by atoms with Gasteiger partial charge in [-0.25, -0.2) is 4.79 Å². The third kappa shape index (κ3) is 3.92. The van der Waals surface area contributed by atoms with E-state index >= 15 is 0 Å². The van der Waals surface area contributed by atoms with Crippen molar-refractivity contribution in [2.45, 2.75) is 13.5 Å². The molecule has 0 amide bonds. The summed E-state index contributed by atoms with van der Waals surface area (Å²) in [5, 5.41) is 0. The fourth-order valence-electron chi connectivity index (χ4n) is 1.83. The molecule has 0 radical (unpaired) electrons. The molecule has 4 nitrogen and oxygen atoms in total. The Hall–Kier alpha value is -2.62. The summed E-state index contributed by atoms with van der Waals surface area (Å²) in [5.74, 6) is 0.277. The number of Topliss-reactive ketones (excluding diaryl/α,β-unsaturated/α-hetero) is 1. The van der Waals surface area contributed by atoms with Crippen LogP contribution in [0.1, 0.15) is 33.2 Å². The molecular formula is C17H16O4. The maximum Gasteiger partial charge on any atom is 0.337 e. The van der Waals surface area contributed by atoms with Gasteiger partial charge < -0.3 is 9.47 Å². The second-order valence-electron chi connectivity index (χ2n) is 4.56. The van der Waals surface area contributed by atoms with Crippen LogP contribution in [0.5, 0.6) is 5.75 Å². The monoisotopic (exact) mass is 284 g/mol. The van der Waals surface area contributed by atoms with Crippen LogP contribution in [0.2, 0.25) is 0 Å².